The van der Waals surface area contributed by atoms with Gasteiger partial charge in [0.1, 0.15) is 11.9 Å². The molecular weight excluding hydrogens is 222 g/mol. The summed E-state index contributed by atoms with van der Waals surface area (Å²) in [6, 6.07) is 4.39. The molecule has 0 aliphatic carbocycles. The molecule has 0 spiro atoms. The number of carbonyl (C=O) groups is 1. The zero-order chi connectivity index (χ0) is 12.8. The summed E-state index contributed by atoms with van der Waals surface area (Å²) >= 11 is 0. The number of aromatic hydroxyl groups is 1. The molecule has 17 heavy (non-hydrogen) atoms. The molecule has 1 rings (SSSR count). The second-order valence-electron chi connectivity index (χ2n) is 3.80. The fraction of sp³-hybridized carbons (Fsp3) is 0.417. The number of carbonyl (C=O) groups excluding carboxylic acids is 1. The molecule has 4 N–H and O–H groups in total. The van der Waals surface area contributed by atoms with Crippen LogP contribution in [0.3, 0.4) is 0 Å². The first-order chi connectivity index (χ1) is 8.11. The summed E-state index contributed by atoms with van der Waals surface area (Å²) in [5.41, 5.74) is 0.257. The first kappa shape index (κ1) is 13.6. The lowest BCUT2D eigenvalue weighted by Gasteiger charge is -2.19. The van der Waals surface area contributed by atoms with Crippen molar-refractivity contribution >= 4 is 6.29 Å². The molecular formula is C12H17NO4. The van der Waals surface area contributed by atoms with E-state index in [1.165, 1.54) is 18.2 Å². The SMILES string of the molecule is CNCCC(O)C(O)c1cccc(O)c1C=O. The third kappa shape index (κ3) is 3.26. The molecule has 0 saturated carbocycles. The normalized spacial score (nSPS) is 14.3. The Kier molecular flexibility index (Phi) is 5.09. The molecule has 0 saturated heterocycles. The second-order valence-corrected chi connectivity index (χ2v) is 3.80. The predicted molar refractivity (Wildman–Crippen MR) is 63.0 cm³/mol. The second kappa shape index (κ2) is 6.34. The Hall–Kier alpha value is -1.43. The number of rotatable bonds is 6. The number of hydrogen-bond acceptors (Lipinski definition) is 5. The minimum Gasteiger partial charge on any atom is -0.507 e. The van der Waals surface area contributed by atoms with E-state index in [1.807, 2.05) is 0 Å². The van der Waals surface area contributed by atoms with Crippen LogP contribution in [0, 0.1) is 0 Å². The van der Waals surface area contributed by atoms with Gasteiger partial charge in [0.25, 0.3) is 0 Å². The minimum absolute atomic E-state index is 0.0171. The Bertz CT molecular complexity index is 381. The molecule has 0 aromatic heterocycles. The summed E-state index contributed by atoms with van der Waals surface area (Å²) in [5.74, 6) is -0.197. The molecule has 5 nitrogen and oxygen atoms in total. The maximum absolute atomic E-state index is 10.8. The topological polar surface area (TPSA) is 89.8 Å². The van der Waals surface area contributed by atoms with Gasteiger partial charge in [-0.15, -0.1) is 0 Å². The summed E-state index contributed by atoms with van der Waals surface area (Å²) in [4.78, 5) is 10.8. The van der Waals surface area contributed by atoms with Crippen LogP contribution in [0.15, 0.2) is 18.2 Å². The van der Waals surface area contributed by atoms with Crippen LogP contribution in [0.1, 0.15) is 28.4 Å². The summed E-state index contributed by atoms with van der Waals surface area (Å²) in [6.07, 6.45) is -1.34. The molecule has 94 valence electrons. The molecule has 1 aromatic rings. The van der Waals surface area contributed by atoms with Crippen molar-refractivity contribution in [3.05, 3.63) is 29.3 Å². The standard InChI is InChI=1S/C12H17NO4/c1-13-6-5-11(16)12(17)8-3-2-4-10(15)9(8)7-14/h2-4,7,11-13,15-17H,5-6H2,1H3. The Balaban J connectivity index is 2.91. The van der Waals surface area contributed by atoms with Gasteiger partial charge in [-0.25, -0.2) is 0 Å². The van der Waals surface area contributed by atoms with Gasteiger partial charge >= 0.3 is 0 Å². The number of nitrogens with one attached hydrogen (secondary N) is 1. The van der Waals surface area contributed by atoms with Crippen molar-refractivity contribution in [3.63, 3.8) is 0 Å². The molecule has 5 heteroatoms. The van der Waals surface area contributed by atoms with Crippen molar-refractivity contribution in [2.45, 2.75) is 18.6 Å². The first-order valence-electron chi connectivity index (χ1n) is 5.39. The summed E-state index contributed by atoms with van der Waals surface area (Å²) < 4.78 is 0. The van der Waals surface area contributed by atoms with Crippen molar-refractivity contribution in [3.8, 4) is 5.75 Å². The van der Waals surface area contributed by atoms with Crippen LogP contribution < -0.4 is 5.32 Å². The summed E-state index contributed by atoms with van der Waals surface area (Å²) in [7, 11) is 1.74. The number of hydrogen-bond donors (Lipinski definition) is 4. The van der Waals surface area contributed by atoms with Crippen molar-refractivity contribution in [1.82, 2.24) is 5.32 Å². The van der Waals surface area contributed by atoms with E-state index in [-0.39, 0.29) is 16.9 Å². The van der Waals surface area contributed by atoms with Crippen molar-refractivity contribution in [2.75, 3.05) is 13.6 Å². The molecule has 0 radical (unpaired) electrons. The van der Waals surface area contributed by atoms with Crippen LogP contribution in [0.25, 0.3) is 0 Å². The highest BCUT2D eigenvalue weighted by Gasteiger charge is 2.21. The van der Waals surface area contributed by atoms with E-state index in [9.17, 15) is 20.1 Å². The molecule has 0 bridgehead atoms. The van der Waals surface area contributed by atoms with Gasteiger partial charge < -0.3 is 20.6 Å². The molecule has 0 heterocycles. The van der Waals surface area contributed by atoms with Gasteiger partial charge in [0, 0.05) is 0 Å². The smallest absolute Gasteiger partial charge is 0.154 e. The number of aldehydes is 1. The maximum Gasteiger partial charge on any atom is 0.154 e. The van der Waals surface area contributed by atoms with Crippen LogP contribution in [0.4, 0.5) is 0 Å². The monoisotopic (exact) mass is 239 g/mol. The van der Waals surface area contributed by atoms with E-state index in [1.54, 1.807) is 7.05 Å². The minimum atomic E-state index is -1.18. The zero-order valence-corrected chi connectivity index (χ0v) is 9.63. The van der Waals surface area contributed by atoms with Crippen LogP contribution in [0.5, 0.6) is 5.75 Å². The molecule has 2 unspecified atom stereocenters. The van der Waals surface area contributed by atoms with Gasteiger partial charge in [0.05, 0.1) is 11.7 Å². The van der Waals surface area contributed by atoms with Gasteiger partial charge in [-0.3, -0.25) is 4.79 Å². The van der Waals surface area contributed by atoms with Crippen LogP contribution in [-0.4, -0.2) is 41.3 Å². The maximum atomic E-state index is 10.8. The molecule has 0 amide bonds. The fourth-order valence-corrected chi connectivity index (χ4v) is 1.61. The average Bonchev–Trinajstić information content (AvgIpc) is 2.34. The van der Waals surface area contributed by atoms with E-state index < -0.39 is 12.2 Å². The fourth-order valence-electron chi connectivity index (χ4n) is 1.61. The Morgan fingerprint density at radius 1 is 1.41 bits per heavy atom. The summed E-state index contributed by atoms with van der Waals surface area (Å²) in [6.45, 7) is 0.549. The highest BCUT2D eigenvalue weighted by molar-refractivity contribution is 5.81. The molecule has 1 aromatic carbocycles. The lowest BCUT2D eigenvalue weighted by atomic mass is 9.97. The van der Waals surface area contributed by atoms with Crippen LogP contribution >= 0.6 is 0 Å². The highest BCUT2D eigenvalue weighted by atomic mass is 16.3. The third-order valence-electron chi connectivity index (χ3n) is 2.61. The lowest BCUT2D eigenvalue weighted by Crippen LogP contribution is -2.24. The van der Waals surface area contributed by atoms with Crippen molar-refractivity contribution in [1.29, 1.82) is 0 Å². The number of benzene rings is 1. The molecule has 0 aliphatic heterocycles. The lowest BCUT2D eigenvalue weighted by molar-refractivity contribution is 0.0136. The largest absolute Gasteiger partial charge is 0.507 e. The Morgan fingerprint density at radius 2 is 2.12 bits per heavy atom. The first-order valence-corrected chi connectivity index (χ1v) is 5.39. The van der Waals surface area contributed by atoms with E-state index in [0.717, 1.165) is 0 Å². The van der Waals surface area contributed by atoms with Gasteiger partial charge in [0.15, 0.2) is 6.29 Å². The third-order valence-corrected chi connectivity index (χ3v) is 2.61. The molecule has 0 aliphatic rings. The van der Waals surface area contributed by atoms with Gasteiger partial charge in [0.2, 0.25) is 0 Å². The highest BCUT2D eigenvalue weighted by Crippen LogP contribution is 2.27. The van der Waals surface area contributed by atoms with E-state index in [4.69, 9.17) is 0 Å². The number of aliphatic hydroxyl groups is 2. The number of phenols is 1. The predicted octanol–water partition coefficient (Wildman–Crippen LogP) is 0.209. The zero-order valence-electron chi connectivity index (χ0n) is 9.63. The average molecular weight is 239 g/mol. The molecule has 2 atom stereocenters. The summed E-state index contributed by atoms with van der Waals surface area (Å²) in [5, 5.41) is 31.9. The van der Waals surface area contributed by atoms with Gasteiger partial charge in [-0.2, -0.15) is 0 Å². The van der Waals surface area contributed by atoms with Gasteiger partial charge in [-0.1, -0.05) is 12.1 Å². The Labute approximate surface area is 99.7 Å². The molecule has 0 fully saturated rings. The van der Waals surface area contributed by atoms with E-state index >= 15 is 0 Å². The number of aliphatic hydroxyl groups excluding tert-OH is 2. The van der Waals surface area contributed by atoms with E-state index in [2.05, 4.69) is 5.32 Å². The quantitative estimate of drug-likeness (QED) is 0.533. The van der Waals surface area contributed by atoms with E-state index in [0.29, 0.717) is 19.3 Å². The Morgan fingerprint density at radius 3 is 2.71 bits per heavy atom. The van der Waals surface area contributed by atoms with Crippen molar-refractivity contribution < 1.29 is 20.1 Å². The van der Waals surface area contributed by atoms with Crippen LogP contribution in [-0.2, 0) is 0 Å². The van der Waals surface area contributed by atoms with Crippen LogP contribution in [0.2, 0.25) is 0 Å². The van der Waals surface area contributed by atoms with Crippen molar-refractivity contribution in [2.24, 2.45) is 0 Å². The van der Waals surface area contributed by atoms with Gasteiger partial charge in [-0.05, 0) is 31.6 Å². The number of phenolic OH excluding ortho intramolecular Hbond substituents is 1.